The molecule has 80 valence electrons. The maximum atomic E-state index is 3.45. The highest BCUT2D eigenvalue weighted by atomic mass is 14.9. The van der Waals surface area contributed by atoms with Gasteiger partial charge in [0.1, 0.15) is 0 Å². The Morgan fingerprint density at radius 3 is 2.64 bits per heavy atom. The number of piperidine rings is 1. The van der Waals surface area contributed by atoms with Crippen molar-refractivity contribution in [3.63, 3.8) is 0 Å². The molecule has 2 aliphatic rings. The van der Waals surface area contributed by atoms with Crippen LogP contribution in [0.3, 0.4) is 0 Å². The standard InChI is InChI=1S/C13H23N/c1-3-4-11(2)12-9-13(10-12)5-7-14-8-6-13/h9,11,14H,3-8,10H2,1-2H3. The quantitative estimate of drug-likeness (QED) is 0.679. The van der Waals surface area contributed by atoms with Crippen molar-refractivity contribution >= 4 is 0 Å². The molecule has 0 aromatic carbocycles. The van der Waals surface area contributed by atoms with Gasteiger partial charge in [-0.15, -0.1) is 0 Å². The van der Waals surface area contributed by atoms with Crippen molar-refractivity contribution in [2.24, 2.45) is 11.3 Å². The van der Waals surface area contributed by atoms with Gasteiger partial charge >= 0.3 is 0 Å². The molecular formula is C13H23N. The molecule has 1 spiro atoms. The molecule has 0 bridgehead atoms. The monoisotopic (exact) mass is 193 g/mol. The van der Waals surface area contributed by atoms with E-state index in [9.17, 15) is 0 Å². The van der Waals surface area contributed by atoms with E-state index in [-0.39, 0.29) is 0 Å². The molecule has 0 amide bonds. The fourth-order valence-corrected chi connectivity index (χ4v) is 2.95. The van der Waals surface area contributed by atoms with Gasteiger partial charge < -0.3 is 5.32 Å². The lowest BCUT2D eigenvalue weighted by Crippen LogP contribution is -2.40. The predicted octanol–water partition coefficient (Wildman–Crippen LogP) is 3.12. The van der Waals surface area contributed by atoms with E-state index in [1.54, 1.807) is 5.57 Å². The number of rotatable bonds is 3. The van der Waals surface area contributed by atoms with Crippen LogP contribution in [0.5, 0.6) is 0 Å². The summed E-state index contributed by atoms with van der Waals surface area (Å²) >= 11 is 0. The zero-order valence-corrected chi connectivity index (χ0v) is 9.60. The zero-order chi connectivity index (χ0) is 10.0. The fraction of sp³-hybridized carbons (Fsp3) is 0.846. The first-order valence-corrected chi connectivity index (χ1v) is 6.18. The van der Waals surface area contributed by atoms with Crippen molar-refractivity contribution in [2.75, 3.05) is 13.1 Å². The van der Waals surface area contributed by atoms with Crippen molar-refractivity contribution in [3.8, 4) is 0 Å². The van der Waals surface area contributed by atoms with Crippen molar-refractivity contribution in [1.82, 2.24) is 5.32 Å². The fourth-order valence-electron chi connectivity index (χ4n) is 2.95. The summed E-state index contributed by atoms with van der Waals surface area (Å²) in [6, 6.07) is 0. The molecule has 1 N–H and O–H groups in total. The number of hydrogen-bond donors (Lipinski definition) is 1. The second-order valence-corrected chi connectivity index (χ2v) is 5.20. The molecule has 1 saturated heterocycles. The summed E-state index contributed by atoms with van der Waals surface area (Å²) in [6.07, 6.45) is 9.45. The number of allylic oxidation sites excluding steroid dienone is 2. The van der Waals surface area contributed by atoms with Gasteiger partial charge in [-0.2, -0.15) is 0 Å². The molecule has 1 unspecified atom stereocenters. The van der Waals surface area contributed by atoms with E-state index >= 15 is 0 Å². The molecule has 1 fully saturated rings. The predicted molar refractivity (Wildman–Crippen MR) is 61.3 cm³/mol. The van der Waals surface area contributed by atoms with Gasteiger partial charge in [-0.3, -0.25) is 0 Å². The minimum Gasteiger partial charge on any atom is -0.317 e. The largest absolute Gasteiger partial charge is 0.317 e. The van der Waals surface area contributed by atoms with E-state index in [0.29, 0.717) is 5.41 Å². The van der Waals surface area contributed by atoms with Gasteiger partial charge in [0.05, 0.1) is 0 Å². The maximum Gasteiger partial charge on any atom is -0.00405 e. The summed E-state index contributed by atoms with van der Waals surface area (Å²) in [5.41, 5.74) is 2.37. The molecule has 1 heteroatoms. The van der Waals surface area contributed by atoms with Gasteiger partial charge in [0.15, 0.2) is 0 Å². The Kier molecular flexibility index (Phi) is 2.96. The van der Waals surface area contributed by atoms with E-state index in [1.807, 2.05) is 0 Å². The molecule has 2 rings (SSSR count). The molecule has 0 radical (unpaired) electrons. The second-order valence-electron chi connectivity index (χ2n) is 5.20. The average Bonchev–Trinajstić information content (AvgIpc) is 2.16. The van der Waals surface area contributed by atoms with Crippen LogP contribution >= 0.6 is 0 Å². The van der Waals surface area contributed by atoms with Gasteiger partial charge in [-0.1, -0.05) is 31.9 Å². The van der Waals surface area contributed by atoms with Crippen molar-refractivity contribution in [2.45, 2.75) is 46.0 Å². The summed E-state index contributed by atoms with van der Waals surface area (Å²) in [5.74, 6) is 0.848. The van der Waals surface area contributed by atoms with Crippen molar-refractivity contribution in [3.05, 3.63) is 11.6 Å². The van der Waals surface area contributed by atoms with Crippen LogP contribution in [-0.2, 0) is 0 Å². The van der Waals surface area contributed by atoms with Gasteiger partial charge in [-0.25, -0.2) is 0 Å². The molecule has 1 aliphatic heterocycles. The molecule has 0 aromatic rings. The van der Waals surface area contributed by atoms with E-state index < -0.39 is 0 Å². The first-order chi connectivity index (χ1) is 6.76. The number of nitrogens with one attached hydrogen (secondary N) is 1. The Morgan fingerprint density at radius 1 is 1.43 bits per heavy atom. The summed E-state index contributed by atoms with van der Waals surface area (Å²) < 4.78 is 0. The van der Waals surface area contributed by atoms with E-state index in [1.165, 1.54) is 45.2 Å². The van der Waals surface area contributed by atoms with Gasteiger partial charge in [-0.05, 0) is 50.1 Å². The van der Waals surface area contributed by atoms with Crippen LogP contribution < -0.4 is 5.32 Å². The normalized spacial score (nSPS) is 26.9. The summed E-state index contributed by atoms with van der Waals surface area (Å²) in [7, 11) is 0. The smallest absolute Gasteiger partial charge is 0.00405 e. The van der Waals surface area contributed by atoms with Crippen molar-refractivity contribution in [1.29, 1.82) is 0 Å². The lowest BCUT2D eigenvalue weighted by Gasteiger charge is -2.45. The Hall–Kier alpha value is -0.300. The molecule has 1 heterocycles. The average molecular weight is 193 g/mol. The Labute approximate surface area is 88.0 Å². The Balaban J connectivity index is 1.91. The van der Waals surface area contributed by atoms with Gasteiger partial charge in [0, 0.05) is 0 Å². The molecule has 0 saturated carbocycles. The SMILES string of the molecule is CCCC(C)C1=CC2(CCNCC2)C1. The van der Waals surface area contributed by atoms with Crippen LogP contribution in [-0.4, -0.2) is 13.1 Å². The third-order valence-electron chi connectivity index (χ3n) is 4.00. The van der Waals surface area contributed by atoms with Crippen LogP contribution in [0, 0.1) is 11.3 Å². The molecule has 14 heavy (non-hydrogen) atoms. The Morgan fingerprint density at radius 2 is 2.07 bits per heavy atom. The molecule has 0 aromatic heterocycles. The van der Waals surface area contributed by atoms with Crippen LogP contribution in [0.2, 0.25) is 0 Å². The highest BCUT2D eigenvalue weighted by molar-refractivity contribution is 5.26. The summed E-state index contributed by atoms with van der Waals surface area (Å²) in [5, 5.41) is 3.45. The van der Waals surface area contributed by atoms with Crippen LogP contribution in [0.15, 0.2) is 11.6 Å². The van der Waals surface area contributed by atoms with Crippen LogP contribution in [0.25, 0.3) is 0 Å². The minimum absolute atomic E-state index is 0.628. The van der Waals surface area contributed by atoms with Gasteiger partial charge in [0.25, 0.3) is 0 Å². The highest BCUT2D eigenvalue weighted by Gasteiger charge is 2.38. The topological polar surface area (TPSA) is 12.0 Å². The van der Waals surface area contributed by atoms with Crippen LogP contribution in [0.1, 0.15) is 46.0 Å². The van der Waals surface area contributed by atoms with E-state index in [4.69, 9.17) is 0 Å². The minimum atomic E-state index is 0.628. The number of hydrogen-bond acceptors (Lipinski definition) is 1. The lowest BCUT2D eigenvalue weighted by molar-refractivity contribution is 0.224. The molecule has 1 atom stereocenters. The maximum absolute atomic E-state index is 3.45. The van der Waals surface area contributed by atoms with E-state index in [0.717, 1.165) is 5.92 Å². The van der Waals surface area contributed by atoms with Crippen LogP contribution in [0.4, 0.5) is 0 Å². The zero-order valence-electron chi connectivity index (χ0n) is 9.60. The second kappa shape index (κ2) is 4.06. The molecule has 1 nitrogen and oxygen atoms in total. The molecular weight excluding hydrogens is 170 g/mol. The summed E-state index contributed by atoms with van der Waals surface area (Å²) in [6.45, 7) is 7.14. The molecule has 1 aliphatic carbocycles. The third kappa shape index (κ3) is 1.88. The van der Waals surface area contributed by atoms with Gasteiger partial charge in [0.2, 0.25) is 0 Å². The first-order valence-electron chi connectivity index (χ1n) is 6.18. The lowest BCUT2D eigenvalue weighted by atomic mass is 9.62. The first kappa shape index (κ1) is 10.2. The van der Waals surface area contributed by atoms with E-state index in [2.05, 4.69) is 25.2 Å². The Bertz CT molecular complexity index is 223. The van der Waals surface area contributed by atoms with Crippen molar-refractivity contribution < 1.29 is 0 Å². The summed E-state index contributed by atoms with van der Waals surface area (Å²) in [4.78, 5) is 0. The third-order valence-corrected chi connectivity index (χ3v) is 4.00. The highest BCUT2D eigenvalue weighted by Crippen LogP contribution is 2.48.